The van der Waals surface area contributed by atoms with Gasteiger partial charge < -0.3 is 5.32 Å². The second kappa shape index (κ2) is 4.72. The van der Waals surface area contributed by atoms with Crippen molar-refractivity contribution in [1.29, 1.82) is 0 Å². The molecule has 0 amide bonds. The van der Waals surface area contributed by atoms with Gasteiger partial charge in [-0.2, -0.15) is 0 Å². The molecule has 1 aromatic rings. The molecular formula is C14H13N3O2S. The topological polar surface area (TPSA) is 70.9 Å². The molecule has 3 rings (SSSR count). The second-order valence-corrected chi connectivity index (χ2v) is 6.60. The molecule has 0 saturated heterocycles. The van der Waals surface area contributed by atoms with E-state index in [-0.39, 0.29) is 6.17 Å². The summed E-state index contributed by atoms with van der Waals surface area (Å²) in [6.07, 6.45) is 8.30. The molecule has 0 aliphatic carbocycles. The lowest BCUT2D eigenvalue weighted by Crippen LogP contribution is -2.14. The molecule has 2 heterocycles. The van der Waals surface area contributed by atoms with Crippen molar-refractivity contribution in [2.75, 3.05) is 6.26 Å². The maximum atomic E-state index is 11.4. The zero-order chi connectivity index (χ0) is 14.2. The van der Waals surface area contributed by atoms with E-state index in [4.69, 9.17) is 0 Å². The van der Waals surface area contributed by atoms with E-state index < -0.39 is 9.84 Å². The van der Waals surface area contributed by atoms with E-state index in [0.717, 1.165) is 11.3 Å². The highest BCUT2D eigenvalue weighted by atomic mass is 32.2. The van der Waals surface area contributed by atoms with Crippen LogP contribution in [0.15, 0.2) is 63.1 Å². The molecule has 102 valence electrons. The summed E-state index contributed by atoms with van der Waals surface area (Å²) in [5.41, 5.74) is 1.77. The van der Waals surface area contributed by atoms with Crippen LogP contribution in [0, 0.1) is 0 Å². The molecular weight excluding hydrogens is 274 g/mol. The first-order valence-corrected chi connectivity index (χ1v) is 7.99. The maximum absolute atomic E-state index is 11.4. The SMILES string of the molecule is CS(=O)(=O)c1ccc(C2N=C3N=CC=CC=C3N2)cc1. The lowest BCUT2D eigenvalue weighted by Gasteiger charge is -2.10. The summed E-state index contributed by atoms with van der Waals surface area (Å²) in [5, 5.41) is 3.25. The molecule has 6 heteroatoms. The quantitative estimate of drug-likeness (QED) is 0.898. The number of benzene rings is 1. The van der Waals surface area contributed by atoms with Gasteiger partial charge in [-0.05, 0) is 29.8 Å². The fraction of sp³-hybridized carbons (Fsp3) is 0.143. The Hall–Kier alpha value is -2.21. The molecule has 1 aromatic carbocycles. The third-order valence-corrected chi connectivity index (χ3v) is 4.19. The monoisotopic (exact) mass is 287 g/mol. The molecule has 2 aliphatic rings. The number of nitrogens with one attached hydrogen (secondary N) is 1. The van der Waals surface area contributed by atoms with Crippen molar-refractivity contribution in [2.45, 2.75) is 11.1 Å². The van der Waals surface area contributed by atoms with Crippen LogP contribution in [-0.2, 0) is 9.84 Å². The third-order valence-electron chi connectivity index (χ3n) is 3.07. The minimum Gasteiger partial charge on any atom is -0.357 e. The van der Waals surface area contributed by atoms with E-state index in [1.165, 1.54) is 6.26 Å². The number of allylic oxidation sites excluding steroid dienone is 3. The Morgan fingerprint density at radius 2 is 1.90 bits per heavy atom. The van der Waals surface area contributed by atoms with Crippen LogP contribution in [0.2, 0.25) is 0 Å². The zero-order valence-corrected chi connectivity index (χ0v) is 11.6. The second-order valence-electron chi connectivity index (χ2n) is 4.58. The van der Waals surface area contributed by atoms with Crippen molar-refractivity contribution in [3.05, 3.63) is 53.8 Å². The normalized spacial score (nSPS) is 20.8. The third kappa shape index (κ3) is 2.42. The summed E-state index contributed by atoms with van der Waals surface area (Å²) in [4.78, 5) is 9.02. The molecule has 1 unspecified atom stereocenters. The number of fused-ring (bicyclic) bond motifs is 1. The summed E-state index contributed by atoms with van der Waals surface area (Å²) in [6, 6.07) is 6.73. The first-order chi connectivity index (χ1) is 9.54. The van der Waals surface area contributed by atoms with Crippen LogP contribution in [-0.4, -0.2) is 26.7 Å². The van der Waals surface area contributed by atoms with Crippen molar-refractivity contribution in [3.63, 3.8) is 0 Å². The Labute approximate surface area is 117 Å². The van der Waals surface area contributed by atoms with Crippen LogP contribution in [0.3, 0.4) is 0 Å². The molecule has 0 radical (unpaired) electrons. The number of nitrogens with zero attached hydrogens (tertiary/aromatic N) is 2. The van der Waals surface area contributed by atoms with E-state index in [1.807, 2.05) is 18.2 Å². The lowest BCUT2D eigenvalue weighted by molar-refractivity contribution is 0.601. The van der Waals surface area contributed by atoms with Gasteiger partial charge in [0.2, 0.25) is 0 Å². The Morgan fingerprint density at radius 1 is 1.15 bits per heavy atom. The Bertz CT molecular complexity index is 756. The number of aliphatic imine (C=N–C) groups is 2. The van der Waals surface area contributed by atoms with Crippen LogP contribution >= 0.6 is 0 Å². The van der Waals surface area contributed by atoms with Gasteiger partial charge in [0, 0.05) is 12.5 Å². The molecule has 0 aromatic heterocycles. The van der Waals surface area contributed by atoms with E-state index >= 15 is 0 Å². The summed E-state index contributed by atoms with van der Waals surface area (Å²) in [7, 11) is -3.17. The Balaban J connectivity index is 1.89. The van der Waals surface area contributed by atoms with Crippen molar-refractivity contribution in [3.8, 4) is 0 Å². The van der Waals surface area contributed by atoms with Crippen LogP contribution in [0.1, 0.15) is 11.7 Å². The highest BCUT2D eigenvalue weighted by Gasteiger charge is 2.22. The van der Waals surface area contributed by atoms with Crippen LogP contribution in [0.4, 0.5) is 0 Å². The van der Waals surface area contributed by atoms with Gasteiger partial charge in [-0.25, -0.2) is 18.4 Å². The van der Waals surface area contributed by atoms with E-state index in [9.17, 15) is 8.42 Å². The molecule has 0 bridgehead atoms. The molecule has 20 heavy (non-hydrogen) atoms. The zero-order valence-electron chi connectivity index (χ0n) is 10.8. The summed E-state index contributed by atoms with van der Waals surface area (Å²) in [6.45, 7) is 0. The summed E-state index contributed by atoms with van der Waals surface area (Å²) >= 11 is 0. The summed E-state index contributed by atoms with van der Waals surface area (Å²) < 4.78 is 22.9. The maximum Gasteiger partial charge on any atom is 0.175 e. The minimum atomic E-state index is -3.17. The van der Waals surface area contributed by atoms with Gasteiger partial charge >= 0.3 is 0 Å². The predicted octanol–water partition coefficient (Wildman–Crippen LogP) is 1.61. The number of sulfone groups is 1. The van der Waals surface area contributed by atoms with Crippen LogP contribution in [0.5, 0.6) is 0 Å². The Kier molecular flexibility index (Phi) is 3.02. The molecule has 1 N–H and O–H groups in total. The van der Waals surface area contributed by atoms with Gasteiger partial charge in [0.15, 0.2) is 15.7 Å². The van der Waals surface area contributed by atoms with Crippen LogP contribution in [0.25, 0.3) is 0 Å². The van der Waals surface area contributed by atoms with Gasteiger partial charge in [0.05, 0.1) is 10.6 Å². The number of hydrogen-bond donors (Lipinski definition) is 1. The average molecular weight is 287 g/mol. The van der Waals surface area contributed by atoms with Gasteiger partial charge in [-0.1, -0.05) is 18.2 Å². The van der Waals surface area contributed by atoms with E-state index in [2.05, 4.69) is 15.3 Å². The summed E-state index contributed by atoms with van der Waals surface area (Å²) in [5.74, 6) is 0.659. The van der Waals surface area contributed by atoms with Gasteiger partial charge in [-0.15, -0.1) is 0 Å². The van der Waals surface area contributed by atoms with Crippen molar-refractivity contribution >= 4 is 21.9 Å². The number of hydrogen-bond acceptors (Lipinski definition) is 5. The fourth-order valence-electron chi connectivity index (χ4n) is 2.03. The van der Waals surface area contributed by atoms with Gasteiger partial charge in [-0.3, -0.25) is 0 Å². The highest BCUT2D eigenvalue weighted by molar-refractivity contribution is 7.90. The average Bonchev–Trinajstić information content (AvgIpc) is 2.69. The number of rotatable bonds is 2. The fourth-order valence-corrected chi connectivity index (χ4v) is 2.66. The van der Waals surface area contributed by atoms with Crippen molar-refractivity contribution in [1.82, 2.24) is 5.32 Å². The van der Waals surface area contributed by atoms with Gasteiger partial charge in [0.25, 0.3) is 0 Å². The predicted molar refractivity (Wildman–Crippen MR) is 78.6 cm³/mol. The van der Waals surface area contributed by atoms with E-state index in [0.29, 0.717) is 10.7 Å². The van der Waals surface area contributed by atoms with Gasteiger partial charge in [0.1, 0.15) is 6.17 Å². The largest absolute Gasteiger partial charge is 0.357 e. The molecule has 0 saturated carbocycles. The molecule has 2 aliphatic heterocycles. The first kappa shape index (κ1) is 12.8. The smallest absolute Gasteiger partial charge is 0.175 e. The van der Waals surface area contributed by atoms with E-state index in [1.54, 1.807) is 30.5 Å². The molecule has 5 nitrogen and oxygen atoms in total. The molecule has 0 fully saturated rings. The first-order valence-electron chi connectivity index (χ1n) is 6.10. The van der Waals surface area contributed by atoms with Crippen molar-refractivity contribution in [2.24, 2.45) is 9.98 Å². The van der Waals surface area contributed by atoms with Crippen LogP contribution < -0.4 is 5.32 Å². The molecule has 0 spiro atoms. The Morgan fingerprint density at radius 3 is 2.60 bits per heavy atom. The standard InChI is InChI=1S/C14H13N3O2S/c1-20(18,19)11-7-5-10(6-8-11)13-16-12-4-2-3-9-15-14(12)17-13/h2-9,13,16H,1H3. The minimum absolute atomic E-state index is 0.228. The lowest BCUT2D eigenvalue weighted by atomic mass is 10.2. The highest BCUT2D eigenvalue weighted by Crippen LogP contribution is 2.24. The number of amidine groups is 1. The van der Waals surface area contributed by atoms with Crippen molar-refractivity contribution < 1.29 is 8.42 Å². The molecule has 1 atom stereocenters.